The summed E-state index contributed by atoms with van der Waals surface area (Å²) < 4.78 is 40.1. The van der Waals surface area contributed by atoms with Gasteiger partial charge in [0.05, 0.1) is 40.7 Å². The molecule has 0 aliphatic carbocycles. The predicted octanol–water partition coefficient (Wildman–Crippen LogP) is 8.07. The molecule has 3 aliphatic heterocycles. The molecule has 3 aromatic heterocycles. The number of anilines is 3. The number of hydrogen-bond acceptors (Lipinski definition) is 12. The largest absolute Gasteiger partial charge is 0.490 e. The first-order valence-electron chi connectivity index (χ1n) is 23.6. The van der Waals surface area contributed by atoms with Gasteiger partial charge in [-0.05, 0) is 117 Å². The maximum absolute atomic E-state index is 16.1. The van der Waals surface area contributed by atoms with Gasteiger partial charge in [-0.1, -0.05) is 47.7 Å². The van der Waals surface area contributed by atoms with Crippen LogP contribution in [0.25, 0.3) is 32.2 Å². The lowest BCUT2D eigenvalue weighted by Crippen LogP contribution is -2.39. The number of rotatable bonds is 14. The second-order valence-corrected chi connectivity index (χ2v) is 19.2. The summed E-state index contributed by atoms with van der Waals surface area (Å²) >= 11 is 1.39. The summed E-state index contributed by atoms with van der Waals surface area (Å²) in [7, 11) is 1.57. The smallest absolute Gasteiger partial charge is 0.355 e. The summed E-state index contributed by atoms with van der Waals surface area (Å²) in [5.41, 5.74) is 3.51. The van der Waals surface area contributed by atoms with Gasteiger partial charge in [-0.15, -0.1) is 0 Å². The van der Waals surface area contributed by atoms with Crippen LogP contribution in [0.1, 0.15) is 82.1 Å². The van der Waals surface area contributed by atoms with Crippen molar-refractivity contribution in [2.45, 2.75) is 57.4 Å². The van der Waals surface area contributed by atoms with Gasteiger partial charge in [0.1, 0.15) is 11.3 Å². The van der Waals surface area contributed by atoms with E-state index in [9.17, 15) is 29.1 Å². The first kappa shape index (κ1) is 47.1. The number of aryl methyl sites for hydroxylation is 1. The summed E-state index contributed by atoms with van der Waals surface area (Å²) in [6.07, 6.45) is 4.19. The summed E-state index contributed by atoms with van der Waals surface area (Å²) in [4.78, 5) is 76.5. The number of amides is 4. The number of carbonyl (C=O) groups excluding carboxylic acids is 4. The van der Waals surface area contributed by atoms with Crippen molar-refractivity contribution in [1.82, 2.24) is 30.0 Å². The molecule has 71 heavy (non-hydrogen) atoms. The van der Waals surface area contributed by atoms with E-state index < -0.39 is 29.4 Å². The Kier molecular flexibility index (Phi) is 13.3. The highest BCUT2D eigenvalue weighted by Gasteiger charge is 2.33. The van der Waals surface area contributed by atoms with Gasteiger partial charge in [0.25, 0.3) is 5.91 Å². The highest BCUT2D eigenvalue weighted by atomic mass is 32.1. The molecule has 0 spiro atoms. The Morgan fingerprint density at radius 2 is 1.69 bits per heavy atom. The lowest BCUT2D eigenvalue weighted by atomic mass is 9.92. The first-order valence-corrected chi connectivity index (χ1v) is 24.4. The fourth-order valence-electron chi connectivity index (χ4n) is 9.96. The van der Waals surface area contributed by atoms with Gasteiger partial charge >= 0.3 is 5.97 Å². The first-order chi connectivity index (χ1) is 34.4. The van der Waals surface area contributed by atoms with Gasteiger partial charge in [0.15, 0.2) is 28.2 Å². The molecule has 6 heterocycles. The van der Waals surface area contributed by atoms with Crippen LogP contribution in [0.3, 0.4) is 0 Å². The number of carboxylic acid groups (broad SMARTS) is 1. The molecular weight excluding hydrogens is 933 g/mol. The third kappa shape index (κ3) is 9.79. The number of ether oxygens (including phenoxy) is 1. The molecule has 4 amide bonds. The van der Waals surface area contributed by atoms with Gasteiger partial charge in [0, 0.05) is 48.6 Å². The number of pyridine rings is 1. The average Bonchev–Trinajstić information content (AvgIpc) is 3.93. The Morgan fingerprint density at radius 1 is 0.873 bits per heavy atom. The minimum absolute atomic E-state index is 0.00164. The molecule has 3 aliphatic rings. The zero-order valence-corrected chi connectivity index (χ0v) is 39.5. The van der Waals surface area contributed by atoms with Gasteiger partial charge in [-0.25, -0.2) is 23.5 Å². The molecule has 0 saturated carbocycles. The third-order valence-electron chi connectivity index (χ3n) is 13.6. The van der Waals surface area contributed by atoms with Crippen LogP contribution in [0.4, 0.5) is 25.4 Å². The number of imide groups is 1. The van der Waals surface area contributed by atoms with E-state index in [2.05, 4.69) is 31.0 Å². The third-order valence-corrected chi connectivity index (χ3v) is 14.5. The van der Waals surface area contributed by atoms with Crippen molar-refractivity contribution >= 4 is 78.7 Å². The minimum Gasteiger partial charge on any atom is -0.490 e. The number of aromatic nitrogens is 4. The van der Waals surface area contributed by atoms with Gasteiger partial charge < -0.3 is 20.1 Å². The number of hydrogen-bond donors (Lipinski definition) is 4. The highest BCUT2D eigenvalue weighted by Crippen LogP contribution is 2.36. The predicted molar refractivity (Wildman–Crippen MR) is 264 cm³/mol. The van der Waals surface area contributed by atoms with E-state index in [0.29, 0.717) is 72.5 Å². The standard InChI is InChI=1S/C52H49F2N9O7S/c1-61-48-34(46(60-61)35-16-19-42(64)58-50(35)67)14-17-38(45(48)54)55-43(65)28-62-23-20-29(21-24-62)7-6-26-70-39-12-5-9-31(44(39)53)32-15-18-41(57-47(32)51(68)69)63-25-22-30-8-4-10-33(36(30)27-63)49(66)59-52-56-37-11-2-3-13-40(37)71-52/h2-5,8-15,17-18,29,35H,6-7,16,19-28H2,1H3,(H,55,65)(H,68,69)(H,56,59,66)(H,58,64,67). The Morgan fingerprint density at radius 3 is 2.49 bits per heavy atom. The number of likely N-dealkylation sites (tertiary alicyclic amines) is 1. The topological polar surface area (TPSA) is 201 Å². The molecule has 10 rings (SSSR count). The average molecular weight is 982 g/mol. The van der Waals surface area contributed by atoms with Crippen molar-refractivity contribution < 1.29 is 42.6 Å². The maximum atomic E-state index is 16.1. The zero-order chi connectivity index (χ0) is 49.3. The van der Waals surface area contributed by atoms with E-state index in [1.165, 1.54) is 34.2 Å². The van der Waals surface area contributed by atoms with Crippen LogP contribution in [0.2, 0.25) is 0 Å². The molecule has 1 atom stereocenters. The molecule has 7 aromatic rings. The Balaban J connectivity index is 0.714. The second-order valence-electron chi connectivity index (χ2n) is 18.1. The number of thiazole rings is 1. The van der Waals surface area contributed by atoms with E-state index >= 15 is 8.78 Å². The maximum Gasteiger partial charge on any atom is 0.355 e. The molecule has 0 radical (unpaired) electrons. The number of carbonyl (C=O) groups is 5. The van der Waals surface area contributed by atoms with Gasteiger partial charge in [-0.3, -0.25) is 39.4 Å². The molecular formula is C52H49F2N9O7S. The lowest BCUT2D eigenvalue weighted by Gasteiger charge is -2.31. The fraction of sp³-hybridized carbons (Fsp3) is 0.308. The number of carboxylic acids is 1. The summed E-state index contributed by atoms with van der Waals surface area (Å²) in [5, 5.41) is 23.6. The molecule has 4 aromatic carbocycles. The van der Waals surface area contributed by atoms with E-state index in [0.717, 1.165) is 40.6 Å². The van der Waals surface area contributed by atoms with E-state index in [4.69, 9.17) is 4.74 Å². The second kappa shape index (κ2) is 20.0. The molecule has 4 N–H and O–H groups in total. The van der Waals surface area contributed by atoms with Crippen molar-refractivity contribution in [1.29, 1.82) is 0 Å². The highest BCUT2D eigenvalue weighted by molar-refractivity contribution is 7.22. The van der Waals surface area contributed by atoms with Crippen molar-refractivity contribution in [2.24, 2.45) is 13.0 Å². The molecule has 2 saturated heterocycles. The number of halogens is 2. The van der Waals surface area contributed by atoms with Crippen LogP contribution in [-0.4, -0.2) is 92.1 Å². The van der Waals surface area contributed by atoms with Crippen molar-refractivity contribution in [3.8, 4) is 16.9 Å². The monoisotopic (exact) mass is 981 g/mol. The SMILES string of the molecule is Cn1nc(C2CCC(=O)NC2=O)c2ccc(NC(=O)CN3CCC(CCCOc4cccc(-c5ccc(N6CCc7cccc(C(=O)Nc8nc9ccccc9s8)c7C6)nc5C(=O)O)c4F)CC3)c(F)c21. The molecule has 364 valence electrons. The Labute approximate surface area is 410 Å². The van der Waals surface area contributed by atoms with E-state index in [1.807, 2.05) is 46.2 Å². The molecule has 1 unspecified atom stereocenters. The summed E-state index contributed by atoms with van der Waals surface area (Å²) in [5.74, 6) is -4.05. The van der Waals surface area contributed by atoms with Crippen LogP contribution >= 0.6 is 11.3 Å². The number of para-hydroxylation sites is 1. The van der Waals surface area contributed by atoms with Gasteiger partial charge in [-0.2, -0.15) is 5.10 Å². The number of aromatic carboxylic acids is 1. The number of nitrogens with zero attached hydrogens (tertiary/aromatic N) is 6. The molecule has 0 bridgehead atoms. The number of nitrogens with one attached hydrogen (secondary N) is 3. The van der Waals surface area contributed by atoms with Crippen LogP contribution < -0.4 is 25.6 Å². The number of piperidine rings is 2. The van der Waals surface area contributed by atoms with Crippen molar-refractivity contribution in [3.63, 3.8) is 0 Å². The molecule has 19 heteroatoms. The normalized spacial score (nSPS) is 16.5. The Hall–Kier alpha value is -7.64. The van der Waals surface area contributed by atoms with Crippen LogP contribution in [0, 0.1) is 17.6 Å². The van der Waals surface area contributed by atoms with Crippen LogP contribution in [0.5, 0.6) is 5.75 Å². The molecule has 16 nitrogen and oxygen atoms in total. The minimum atomic E-state index is -1.31. The van der Waals surface area contributed by atoms with Crippen molar-refractivity contribution in [2.75, 3.05) is 48.3 Å². The van der Waals surface area contributed by atoms with E-state index in [1.54, 1.807) is 37.4 Å². The quantitative estimate of drug-likeness (QED) is 0.0604. The van der Waals surface area contributed by atoms with Crippen molar-refractivity contribution in [3.05, 3.63) is 125 Å². The fourth-order valence-corrected chi connectivity index (χ4v) is 10.8. The summed E-state index contributed by atoms with van der Waals surface area (Å²) in [6, 6.07) is 24.2. The number of fused-ring (bicyclic) bond motifs is 3. The van der Waals surface area contributed by atoms with Gasteiger partial charge in [0.2, 0.25) is 17.7 Å². The number of benzene rings is 4. The van der Waals surface area contributed by atoms with Crippen LogP contribution in [-0.2, 0) is 34.4 Å². The Bertz CT molecular complexity index is 3230. The zero-order valence-electron chi connectivity index (χ0n) is 38.7. The molecule has 2 fully saturated rings. The lowest BCUT2D eigenvalue weighted by molar-refractivity contribution is -0.134. The summed E-state index contributed by atoms with van der Waals surface area (Å²) in [6.45, 7) is 2.50. The van der Waals surface area contributed by atoms with E-state index in [-0.39, 0.29) is 77.5 Å². The van der Waals surface area contributed by atoms with Crippen LogP contribution in [0.15, 0.2) is 84.9 Å².